The van der Waals surface area contributed by atoms with Crippen LogP contribution in [0.1, 0.15) is 19.8 Å². The fourth-order valence-corrected chi connectivity index (χ4v) is 1.77. The number of carbonyl (C=O) groups is 2. The van der Waals surface area contributed by atoms with Gasteiger partial charge in [0, 0.05) is 19.7 Å². The third-order valence-corrected chi connectivity index (χ3v) is 2.82. The monoisotopic (exact) mass is 230 g/mol. The Balaban J connectivity index is 2.36. The first-order chi connectivity index (χ1) is 7.54. The van der Waals surface area contributed by atoms with Crippen molar-refractivity contribution in [1.29, 1.82) is 0 Å². The lowest BCUT2D eigenvalue weighted by molar-refractivity contribution is -0.138. The predicted molar refractivity (Wildman–Crippen MR) is 57.0 cm³/mol. The lowest BCUT2D eigenvalue weighted by Gasteiger charge is -2.19. The molecular formula is C10H18N2O4. The zero-order valence-corrected chi connectivity index (χ0v) is 9.35. The normalized spacial score (nSPS) is 21.9. The molecule has 1 heterocycles. The van der Waals surface area contributed by atoms with Crippen LogP contribution >= 0.6 is 0 Å². The number of rotatable bonds is 4. The summed E-state index contributed by atoms with van der Waals surface area (Å²) in [5, 5.41) is 19.8. The zero-order chi connectivity index (χ0) is 12.1. The molecule has 1 saturated heterocycles. The van der Waals surface area contributed by atoms with Gasteiger partial charge in [-0.2, -0.15) is 0 Å². The highest BCUT2D eigenvalue weighted by molar-refractivity contribution is 5.82. The van der Waals surface area contributed by atoms with Gasteiger partial charge in [0.05, 0.1) is 0 Å². The first kappa shape index (κ1) is 12.8. The van der Waals surface area contributed by atoms with E-state index in [1.165, 1.54) is 6.92 Å². The summed E-state index contributed by atoms with van der Waals surface area (Å²) in [4.78, 5) is 23.7. The van der Waals surface area contributed by atoms with Crippen LogP contribution in [0.4, 0.5) is 4.79 Å². The summed E-state index contributed by atoms with van der Waals surface area (Å²) in [6, 6.07) is -1.21. The number of likely N-dealkylation sites (tertiary alicyclic amines) is 1. The van der Waals surface area contributed by atoms with E-state index in [0.717, 1.165) is 6.42 Å². The molecule has 2 amide bonds. The van der Waals surface area contributed by atoms with Gasteiger partial charge in [0.1, 0.15) is 6.04 Å². The second-order valence-corrected chi connectivity index (χ2v) is 4.12. The SMILES string of the molecule is CC(NC(=O)N1CCC(CCO)C1)C(=O)O. The Morgan fingerprint density at radius 1 is 1.56 bits per heavy atom. The molecule has 0 aromatic rings. The number of nitrogens with one attached hydrogen (secondary N) is 1. The molecular weight excluding hydrogens is 212 g/mol. The average molecular weight is 230 g/mol. The summed E-state index contributed by atoms with van der Waals surface area (Å²) < 4.78 is 0. The summed E-state index contributed by atoms with van der Waals surface area (Å²) >= 11 is 0. The van der Waals surface area contributed by atoms with Crippen LogP contribution in [0.5, 0.6) is 0 Å². The van der Waals surface area contributed by atoms with E-state index in [1.54, 1.807) is 4.90 Å². The fraction of sp³-hybridized carbons (Fsp3) is 0.800. The lowest BCUT2D eigenvalue weighted by Crippen LogP contribution is -2.45. The molecule has 1 aliphatic heterocycles. The minimum Gasteiger partial charge on any atom is -0.480 e. The van der Waals surface area contributed by atoms with E-state index in [2.05, 4.69) is 5.32 Å². The molecule has 1 rings (SSSR count). The summed E-state index contributed by atoms with van der Waals surface area (Å²) in [6.07, 6.45) is 1.56. The molecule has 1 fully saturated rings. The smallest absolute Gasteiger partial charge is 0.325 e. The molecule has 0 saturated carbocycles. The molecule has 0 aliphatic carbocycles. The van der Waals surface area contributed by atoms with Crippen molar-refractivity contribution < 1.29 is 19.8 Å². The molecule has 0 aromatic carbocycles. The number of aliphatic hydroxyl groups excluding tert-OH is 1. The van der Waals surface area contributed by atoms with Crippen molar-refractivity contribution in [3.05, 3.63) is 0 Å². The van der Waals surface area contributed by atoms with Crippen LogP contribution < -0.4 is 5.32 Å². The first-order valence-corrected chi connectivity index (χ1v) is 5.43. The van der Waals surface area contributed by atoms with E-state index in [1.807, 2.05) is 0 Å². The van der Waals surface area contributed by atoms with Gasteiger partial charge in [-0.25, -0.2) is 4.79 Å². The van der Waals surface area contributed by atoms with Crippen molar-refractivity contribution in [2.75, 3.05) is 19.7 Å². The maximum Gasteiger partial charge on any atom is 0.325 e. The maximum atomic E-state index is 11.6. The number of amides is 2. The van der Waals surface area contributed by atoms with Gasteiger partial charge in [-0.3, -0.25) is 4.79 Å². The van der Waals surface area contributed by atoms with Crippen LogP contribution in [0.25, 0.3) is 0 Å². The summed E-state index contributed by atoms with van der Waals surface area (Å²) in [7, 11) is 0. The Bertz CT molecular complexity index is 270. The van der Waals surface area contributed by atoms with Crippen molar-refractivity contribution in [1.82, 2.24) is 10.2 Å². The van der Waals surface area contributed by atoms with E-state index >= 15 is 0 Å². The van der Waals surface area contributed by atoms with Crippen molar-refractivity contribution in [3.63, 3.8) is 0 Å². The van der Waals surface area contributed by atoms with Crippen LogP contribution in [0.3, 0.4) is 0 Å². The highest BCUT2D eigenvalue weighted by atomic mass is 16.4. The fourth-order valence-electron chi connectivity index (χ4n) is 1.77. The second-order valence-electron chi connectivity index (χ2n) is 4.12. The zero-order valence-electron chi connectivity index (χ0n) is 9.35. The van der Waals surface area contributed by atoms with Gasteiger partial charge < -0.3 is 20.4 Å². The largest absolute Gasteiger partial charge is 0.480 e. The minimum absolute atomic E-state index is 0.131. The Morgan fingerprint density at radius 2 is 2.25 bits per heavy atom. The Morgan fingerprint density at radius 3 is 2.81 bits per heavy atom. The van der Waals surface area contributed by atoms with Gasteiger partial charge in [-0.05, 0) is 25.7 Å². The van der Waals surface area contributed by atoms with Crippen molar-refractivity contribution in [2.45, 2.75) is 25.8 Å². The number of hydrogen-bond acceptors (Lipinski definition) is 3. The van der Waals surface area contributed by atoms with Gasteiger partial charge in [-0.1, -0.05) is 0 Å². The van der Waals surface area contributed by atoms with Crippen LogP contribution in [-0.4, -0.2) is 52.9 Å². The average Bonchev–Trinajstić information content (AvgIpc) is 2.66. The summed E-state index contributed by atoms with van der Waals surface area (Å²) in [5.41, 5.74) is 0. The van der Waals surface area contributed by atoms with Crippen LogP contribution in [0, 0.1) is 5.92 Å². The van der Waals surface area contributed by atoms with Crippen LogP contribution in [0.2, 0.25) is 0 Å². The molecule has 16 heavy (non-hydrogen) atoms. The van der Waals surface area contributed by atoms with Crippen LogP contribution in [-0.2, 0) is 4.79 Å². The predicted octanol–water partition coefficient (Wildman–Crippen LogP) is -0.127. The highest BCUT2D eigenvalue weighted by Gasteiger charge is 2.27. The molecule has 2 unspecified atom stereocenters. The molecule has 0 radical (unpaired) electrons. The molecule has 2 atom stereocenters. The third kappa shape index (κ3) is 3.37. The van der Waals surface area contributed by atoms with Crippen molar-refractivity contribution in [3.8, 4) is 0 Å². The van der Waals surface area contributed by atoms with Crippen molar-refractivity contribution >= 4 is 12.0 Å². The quantitative estimate of drug-likeness (QED) is 0.627. The molecule has 1 aliphatic rings. The first-order valence-electron chi connectivity index (χ1n) is 5.43. The number of nitrogens with zero attached hydrogens (tertiary/aromatic N) is 1. The lowest BCUT2D eigenvalue weighted by atomic mass is 10.1. The molecule has 0 bridgehead atoms. The Labute approximate surface area is 94.2 Å². The molecule has 92 valence electrons. The number of urea groups is 1. The van der Waals surface area contributed by atoms with E-state index in [0.29, 0.717) is 25.4 Å². The highest BCUT2D eigenvalue weighted by Crippen LogP contribution is 2.18. The number of carboxylic acid groups (broad SMARTS) is 1. The second kappa shape index (κ2) is 5.69. The topological polar surface area (TPSA) is 89.9 Å². The van der Waals surface area contributed by atoms with E-state index < -0.39 is 12.0 Å². The van der Waals surface area contributed by atoms with E-state index in [9.17, 15) is 9.59 Å². The Kier molecular flexibility index (Phi) is 4.54. The molecule has 6 nitrogen and oxygen atoms in total. The Hall–Kier alpha value is -1.30. The van der Waals surface area contributed by atoms with Crippen LogP contribution in [0.15, 0.2) is 0 Å². The van der Waals surface area contributed by atoms with Gasteiger partial charge in [-0.15, -0.1) is 0 Å². The number of aliphatic hydroxyl groups is 1. The molecule has 3 N–H and O–H groups in total. The minimum atomic E-state index is -1.04. The summed E-state index contributed by atoms with van der Waals surface area (Å²) in [6.45, 7) is 2.79. The molecule has 0 spiro atoms. The number of hydrogen-bond donors (Lipinski definition) is 3. The summed E-state index contributed by atoms with van der Waals surface area (Å²) in [5.74, 6) is -0.713. The van der Waals surface area contributed by atoms with E-state index in [-0.39, 0.29) is 12.6 Å². The van der Waals surface area contributed by atoms with Crippen molar-refractivity contribution in [2.24, 2.45) is 5.92 Å². The molecule has 0 aromatic heterocycles. The van der Waals surface area contributed by atoms with Gasteiger partial charge in [0.25, 0.3) is 0 Å². The third-order valence-electron chi connectivity index (χ3n) is 2.82. The van der Waals surface area contributed by atoms with E-state index in [4.69, 9.17) is 10.2 Å². The molecule has 6 heteroatoms. The standard InChI is InChI=1S/C10H18N2O4/c1-7(9(14)15)11-10(16)12-4-2-8(6-12)3-5-13/h7-8,13H,2-6H2,1H3,(H,11,16)(H,14,15). The number of carboxylic acids is 1. The van der Waals surface area contributed by atoms with Gasteiger partial charge in [0.2, 0.25) is 0 Å². The number of aliphatic carboxylic acids is 1. The van der Waals surface area contributed by atoms with Gasteiger partial charge in [0.15, 0.2) is 0 Å². The maximum absolute atomic E-state index is 11.6. The van der Waals surface area contributed by atoms with Gasteiger partial charge >= 0.3 is 12.0 Å². The number of carbonyl (C=O) groups excluding carboxylic acids is 1.